The normalized spacial score (nSPS) is 14.5. The van der Waals surface area contributed by atoms with Crippen LogP contribution in [0.15, 0.2) is 30.4 Å². The Morgan fingerprint density at radius 1 is 1.19 bits per heavy atom. The van der Waals surface area contributed by atoms with E-state index in [9.17, 15) is 14.7 Å². The third-order valence-electron chi connectivity index (χ3n) is 5.12. The fraction of sp³-hybridized carbons (Fsp3) is 0.600. The van der Waals surface area contributed by atoms with Crippen LogP contribution in [0.2, 0.25) is 0 Å². The number of aliphatic hydroxyl groups excluding tert-OH is 1. The highest BCUT2D eigenvalue weighted by Crippen LogP contribution is 2.28. The number of hydrogen-bond acceptors (Lipinski definition) is 5. The fourth-order valence-corrected chi connectivity index (χ4v) is 3.53. The lowest BCUT2D eigenvalue weighted by Crippen LogP contribution is -2.32. The molecule has 6 nitrogen and oxygen atoms in total. The second kappa shape index (κ2) is 10.9. The van der Waals surface area contributed by atoms with E-state index in [0.717, 1.165) is 30.0 Å². The predicted molar refractivity (Wildman–Crippen MR) is 123 cm³/mol. The van der Waals surface area contributed by atoms with Crippen LogP contribution in [0.5, 0.6) is 5.75 Å². The van der Waals surface area contributed by atoms with E-state index in [1.54, 1.807) is 4.90 Å². The maximum absolute atomic E-state index is 12.8. The van der Waals surface area contributed by atoms with Gasteiger partial charge in [-0.05, 0) is 34.6 Å². The van der Waals surface area contributed by atoms with Gasteiger partial charge >= 0.3 is 0 Å². The first-order valence-corrected chi connectivity index (χ1v) is 11.1. The van der Waals surface area contributed by atoms with Crippen LogP contribution in [0, 0.1) is 11.3 Å². The number of amides is 1. The first kappa shape index (κ1) is 25.1. The largest absolute Gasteiger partial charge is 0.492 e. The summed E-state index contributed by atoms with van der Waals surface area (Å²) >= 11 is 0. The monoisotopic (exact) mass is 430 g/mol. The van der Waals surface area contributed by atoms with Gasteiger partial charge in [-0.1, -0.05) is 47.3 Å². The first-order valence-electron chi connectivity index (χ1n) is 11.1. The van der Waals surface area contributed by atoms with E-state index in [0.29, 0.717) is 26.1 Å². The van der Waals surface area contributed by atoms with E-state index in [1.807, 2.05) is 32.0 Å². The lowest BCUT2D eigenvalue weighted by molar-refractivity contribution is -0.129. The Balaban J connectivity index is 1.85. The van der Waals surface area contributed by atoms with Gasteiger partial charge in [0.2, 0.25) is 0 Å². The van der Waals surface area contributed by atoms with Gasteiger partial charge in [-0.3, -0.25) is 9.59 Å². The van der Waals surface area contributed by atoms with Crippen molar-refractivity contribution in [2.75, 3.05) is 19.7 Å². The van der Waals surface area contributed by atoms with Crippen LogP contribution >= 0.6 is 0 Å². The van der Waals surface area contributed by atoms with Crippen molar-refractivity contribution in [3.05, 3.63) is 41.5 Å². The quantitative estimate of drug-likeness (QED) is 0.415. The van der Waals surface area contributed by atoms with Crippen molar-refractivity contribution in [3.63, 3.8) is 0 Å². The van der Waals surface area contributed by atoms with Gasteiger partial charge in [0.1, 0.15) is 18.1 Å². The average molecular weight is 431 g/mol. The number of aliphatic hydroxyl groups is 1. The Hall–Kier alpha value is -2.18. The third-order valence-corrected chi connectivity index (χ3v) is 5.12. The molecule has 1 heterocycles. The van der Waals surface area contributed by atoms with E-state index in [-0.39, 0.29) is 35.0 Å². The molecule has 2 N–H and O–H groups in total. The van der Waals surface area contributed by atoms with Crippen molar-refractivity contribution in [2.24, 2.45) is 11.3 Å². The molecule has 1 aliphatic heterocycles. The Kier molecular flexibility index (Phi) is 8.83. The molecular weight excluding hydrogens is 392 g/mol. The number of benzene rings is 1. The predicted octanol–water partition coefficient (Wildman–Crippen LogP) is 3.47. The Bertz CT molecular complexity index is 795. The van der Waals surface area contributed by atoms with E-state index in [1.165, 1.54) is 0 Å². The molecule has 0 saturated carbocycles. The summed E-state index contributed by atoms with van der Waals surface area (Å²) in [7, 11) is 0. The number of rotatable bonds is 11. The van der Waals surface area contributed by atoms with Crippen molar-refractivity contribution in [2.45, 2.75) is 66.7 Å². The van der Waals surface area contributed by atoms with E-state index >= 15 is 0 Å². The molecule has 0 aromatic heterocycles. The number of carbonyl (C=O) groups excluding carboxylic acids is 2. The molecule has 0 bridgehead atoms. The zero-order valence-corrected chi connectivity index (χ0v) is 19.7. The first-order chi connectivity index (χ1) is 14.5. The Labute approximate surface area is 186 Å². The van der Waals surface area contributed by atoms with Crippen molar-refractivity contribution in [3.8, 4) is 5.75 Å². The fourth-order valence-electron chi connectivity index (χ4n) is 3.53. The van der Waals surface area contributed by atoms with Gasteiger partial charge in [0.15, 0.2) is 0 Å². The lowest BCUT2D eigenvalue weighted by Gasteiger charge is -2.20. The maximum Gasteiger partial charge on any atom is 0.252 e. The summed E-state index contributed by atoms with van der Waals surface area (Å²) in [6.45, 7) is 17.4. The van der Waals surface area contributed by atoms with Crippen molar-refractivity contribution >= 4 is 11.7 Å². The van der Waals surface area contributed by atoms with Crippen LogP contribution in [-0.4, -0.2) is 47.5 Å². The van der Waals surface area contributed by atoms with Crippen LogP contribution in [-0.2, 0) is 22.7 Å². The molecule has 1 aromatic rings. The van der Waals surface area contributed by atoms with Gasteiger partial charge in [0, 0.05) is 44.6 Å². The number of Topliss-reactive ketones (excluding diaryl/α,β-unsaturated/α-hetero) is 1. The minimum Gasteiger partial charge on any atom is -0.492 e. The Morgan fingerprint density at radius 2 is 1.87 bits per heavy atom. The highest BCUT2D eigenvalue weighted by atomic mass is 16.5. The molecule has 0 fully saturated rings. The molecule has 6 heteroatoms. The molecule has 0 spiro atoms. The lowest BCUT2D eigenvalue weighted by atomic mass is 9.97. The average Bonchev–Trinajstić information content (AvgIpc) is 3.08. The van der Waals surface area contributed by atoms with Gasteiger partial charge in [-0.2, -0.15) is 0 Å². The summed E-state index contributed by atoms with van der Waals surface area (Å²) in [6.07, 6.45) is -0.811. The van der Waals surface area contributed by atoms with Crippen molar-refractivity contribution < 1.29 is 19.4 Å². The second-order valence-electron chi connectivity index (χ2n) is 10.1. The van der Waals surface area contributed by atoms with Gasteiger partial charge in [0.05, 0.1) is 6.10 Å². The topological polar surface area (TPSA) is 78.9 Å². The molecular formula is C25H38N2O4. The zero-order valence-electron chi connectivity index (χ0n) is 19.7. The molecule has 172 valence electrons. The highest BCUT2D eigenvalue weighted by Gasteiger charge is 2.28. The molecule has 0 saturated heterocycles. The van der Waals surface area contributed by atoms with Crippen LogP contribution in [0.25, 0.3) is 0 Å². The van der Waals surface area contributed by atoms with Gasteiger partial charge in [-0.15, -0.1) is 0 Å². The molecule has 31 heavy (non-hydrogen) atoms. The molecule has 2 rings (SSSR count). The smallest absolute Gasteiger partial charge is 0.252 e. The number of carbonyl (C=O) groups is 2. The minimum atomic E-state index is -1.14. The number of hydrogen-bond donors (Lipinski definition) is 2. The van der Waals surface area contributed by atoms with Crippen molar-refractivity contribution in [1.82, 2.24) is 10.2 Å². The van der Waals surface area contributed by atoms with Crippen molar-refractivity contribution in [1.29, 1.82) is 0 Å². The third kappa shape index (κ3) is 8.11. The van der Waals surface area contributed by atoms with E-state index in [2.05, 4.69) is 32.7 Å². The molecule has 1 aromatic carbocycles. The number of ether oxygens (including phenoxy) is 1. The summed E-state index contributed by atoms with van der Waals surface area (Å²) in [6, 6.07) is 5.87. The number of ketones is 1. The number of fused-ring (bicyclic) bond motifs is 1. The van der Waals surface area contributed by atoms with Crippen LogP contribution in [0.3, 0.4) is 0 Å². The SMILES string of the molecule is C=C(C(=O)N1Cc2ccc(OCCNCC(C)(C)C)cc2C1)C(O)CC(=O)CC(C)C. The van der Waals surface area contributed by atoms with Crippen LogP contribution in [0.4, 0.5) is 0 Å². The summed E-state index contributed by atoms with van der Waals surface area (Å²) in [5.74, 6) is 0.640. The minimum absolute atomic E-state index is 0.0556. The standard InChI is InChI=1S/C25H38N2O4/c1-17(2)11-21(28)13-23(29)18(3)24(30)27-14-19-7-8-22(12-20(19)15-27)31-10-9-26-16-25(4,5)6/h7-8,12,17,23,26,29H,3,9-11,13-16H2,1-2,4-6H3. The number of nitrogens with zero attached hydrogens (tertiary/aromatic N) is 1. The van der Waals surface area contributed by atoms with E-state index in [4.69, 9.17) is 4.74 Å². The summed E-state index contributed by atoms with van der Waals surface area (Å²) in [4.78, 5) is 26.4. The summed E-state index contributed by atoms with van der Waals surface area (Å²) in [5, 5.41) is 13.7. The Morgan fingerprint density at radius 3 is 2.52 bits per heavy atom. The highest BCUT2D eigenvalue weighted by molar-refractivity contribution is 5.95. The van der Waals surface area contributed by atoms with Crippen LogP contribution < -0.4 is 10.1 Å². The van der Waals surface area contributed by atoms with Gasteiger partial charge < -0.3 is 20.1 Å². The molecule has 1 amide bonds. The van der Waals surface area contributed by atoms with E-state index < -0.39 is 6.10 Å². The maximum atomic E-state index is 12.8. The molecule has 1 atom stereocenters. The van der Waals surface area contributed by atoms with Gasteiger partial charge in [0.25, 0.3) is 5.91 Å². The zero-order chi connectivity index (χ0) is 23.2. The molecule has 0 radical (unpaired) electrons. The molecule has 1 aliphatic rings. The molecule has 0 aliphatic carbocycles. The summed E-state index contributed by atoms with van der Waals surface area (Å²) < 4.78 is 5.84. The van der Waals surface area contributed by atoms with Gasteiger partial charge in [-0.25, -0.2) is 0 Å². The molecule has 1 unspecified atom stereocenters. The number of nitrogens with one attached hydrogen (secondary N) is 1. The summed E-state index contributed by atoms with van der Waals surface area (Å²) in [5.41, 5.74) is 2.41. The second-order valence-corrected chi connectivity index (χ2v) is 10.1. The van der Waals surface area contributed by atoms with Crippen LogP contribution in [0.1, 0.15) is 58.6 Å².